The number of amides is 2. The first-order chi connectivity index (χ1) is 8.11. The second kappa shape index (κ2) is 6.37. The molecule has 0 atom stereocenters. The first-order valence-electron chi connectivity index (χ1n) is 4.94. The minimum absolute atomic E-state index is 0.174. The predicted octanol–water partition coefficient (Wildman–Crippen LogP) is 0.241. The molecule has 1 rings (SSSR count). The van der Waals surface area contributed by atoms with Gasteiger partial charge in [0.1, 0.15) is 11.5 Å². The maximum absolute atomic E-state index is 11.2. The van der Waals surface area contributed by atoms with Gasteiger partial charge in [-0.2, -0.15) is 0 Å². The summed E-state index contributed by atoms with van der Waals surface area (Å²) >= 11 is 0. The molecule has 0 aliphatic carbocycles. The van der Waals surface area contributed by atoms with E-state index in [0.29, 0.717) is 11.5 Å². The Bertz CT molecular complexity index is 389. The summed E-state index contributed by atoms with van der Waals surface area (Å²) in [7, 11) is 1.57. The van der Waals surface area contributed by atoms with Gasteiger partial charge in [-0.1, -0.05) is 0 Å². The van der Waals surface area contributed by atoms with Crippen LogP contribution in [-0.2, 0) is 9.59 Å². The van der Waals surface area contributed by atoms with E-state index in [0.717, 1.165) is 0 Å². The van der Waals surface area contributed by atoms with Gasteiger partial charge < -0.3 is 9.47 Å². The SMILES string of the molecule is COc1ccc(OCC(=O)NNC(C)=O)cc1. The first kappa shape index (κ1) is 12.8. The van der Waals surface area contributed by atoms with Gasteiger partial charge in [0.2, 0.25) is 5.91 Å². The maximum Gasteiger partial charge on any atom is 0.276 e. The van der Waals surface area contributed by atoms with Crippen LogP contribution in [0.4, 0.5) is 0 Å². The van der Waals surface area contributed by atoms with Gasteiger partial charge in [0, 0.05) is 6.92 Å². The highest BCUT2D eigenvalue weighted by molar-refractivity contribution is 5.81. The van der Waals surface area contributed by atoms with E-state index in [4.69, 9.17) is 9.47 Å². The van der Waals surface area contributed by atoms with Crippen LogP contribution in [0.5, 0.6) is 11.5 Å². The Balaban J connectivity index is 2.34. The van der Waals surface area contributed by atoms with E-state index in [1.54, 1.807) is 31.4 Å². The molecule has 2 amide bonds. The second-order valence-corrected chi connectivity index (χ2v) is 3.19. The third-order valence-corrected chi connectivity index (χ3v) is 1.81. The number of carbonyl (C=O) groups is 2. The molecule has 1 aromatic rings. The number of nitrogens with one attached hydrogen (secondary N) is 2. The number of rotatable bonds is 4. The molecule has 0 bridgehead atoms. The van der Waals surface area contributed by atoms with Crippen molar-refractivity contribution in [3.05, 3.63) is 24.3 Å². The number of hydrazine groups is 1. The zero-order valence-corrected chi connectivity index (χ0v) is 9.65. The fourth-order valence-electron chi connectivity index (χ4n) is 1.01. The molecule has 6 nitrogen and oxygen atoms in total. The van der Waals surface area contributed by atoms with Crippen molar-refractivity contribution in [3.63, 3.8) is 0 Å². The molecule has 17 heavy (non-hydrogen) atoms. The van der Waals surface area contributed by atoms with E-state index in [1.165, 1.54) is 6.92 Å². The Kier molecular flexibility index (Phi) is 4.80. The Morgan fingerprint density at radius 2 is 1.71 bits per heavy atom. The molecule has 0 saturated heterocycles. The van der Waals surface area contributed by atoms with Gasteiger partial charge in [0.05, 0.1) is 7.11 Å². The molecule has 0 aliphatic heterocycles. The van der Waals surface area contributed by atoms with Gasteiger partial charge in [-0.25, -0.2) is 0 Å². The Morgan fingerprint density at radius 1 is 1.12 bits per heavy atom. The number of hydrogen-bond acceptors (Lipinski definition) is 4. The first-order valence-corrected chi connectivity index (χ1v) is 4.94. The molecule has 92 valence electrons. The molecule has 0 spiro atoms. The molecule has 0 aromatic heterocycles. The lowest BCUT2D eigenvalue weighted by Gasteiger charge is -2.07. The number of benzene rings is 1. The van der Waals surface area contributed by atoms with Crippen LogP contribution < -0.4 is 20.3 Å². The minimum Gasteiger partial charge on any atom is -0.497 e. The molecular formula is C11H14N2O4. The Labute approximate surface area is 98.9 Å². The van der Waals surface area contributed by atoms with Crippen molar-refractivity contribution in [2.75, 3.05) is 13.7 Å². The zero-order chi connectivity index (χ0) is 12.7. The maximum atomic E-state index is 11.2. The van der Waals surface area contributed by atoms with Crippen molar-refractivity contribution in [1.29, 1.82) is 0 Å². The van der Waals surface area contributed by atoms with Crippen molar-refractivity contribution in [1.82, 2.24) is 10.9 Å². The molecule has 0 fully saturated rings. The van der Waals surface area contributed by atoms with Crippen LogP contribution >= 0.6 is 0 Å². The average molecular weight is 238 g/mol. The fraction of sp³-hybridized carbons (Fsp3) is 0.273. The normalized spacial score (nSPS) is 9.29. The van der Waals surface area contributed by atoms with Crippen molar-refractivity contribution >= 4 is 11.8 Å². The molecule has 1 aromatic carbocycles. The molecule has 0 heterocycles. The molecule has 6 heteroatoms. The summed E-state index contributed by atoms with van der Waals surface area (Å²) in [5.41, 5.74) is 4.35. The average Bonchev–Trinajstić information content (AvgIpc) is 2.34. The van der Waals surface area contributed by atoms with Gasteiger partial charge in [-0.05, 0) is 24.3 Å². The minimum atomic E-state index is -0.434. The highest BCUT2D eigenvalue weighted by Crippen LogP contribution is 2.16. The topological polar surface area (TPSA) is 76.7 Å². The highest BCUT2D eigenvalue weighted by atomic mass is 16.5. The van der Waals surface area contributed by atoms with Crippen LogP contribution in [0.25, 0.3) is 0 Å². The molecule has 0 aliphatic rings. The van der Waals surface area contributed by atoms with Crippen LogP contribution in [0.2, 0.25) is 0 Å². The third kappa shape index (κ3) is 4.87. The van der Waals surface area contributed by atoms with Gasteiger partial charge in [-0.3, -0.25) is 20.4 Å². The smallest absolute Gasteiger partial charge is 0.276 e. The molecule has 0 saturated carbocycles. The standard InChI is InChI=1S/C11H14N2O4/c1-8(14)12-13-11(15)7-17-10-5-3-9(16-2)4-6-10/h3-6H,7H2,1-2H3,(H,12,14)(H,13,15). The van der Waals surface area contributed by atoms with E-state index in [-0.39, 0.29) is 12.5 Å². The molecule has 0 radical (unpaired) electrons. The van der Waals surface area contributed by atoms with E-state index in [2.05, 4.69) is 10.9 Å². The summed E-state index contributed by atoms with van der Waals surface area (Å²) < 4.78 is 10.2. The van der Waals surface area contributed by atoms with Crippen LogP contribution in [0.1, 0.15) is 6.92 Å². The lowest BCUT2D eigenvalue weighted by atomic mass is 10.3. The lowest BCUT2D eigenvalue weighted by molar-refractivity contribution is -0.129. The summed E-state index contributed by atoms with van der Waals surface area (Å²) in [4.78, 5) is 21.7. The molecule has 0 unspecified atom stereocenters. The number of hydrogen-bond donors (Lipinski definition) is 2. The Morgan fingerprint density at radius 3 is 2.24 bits per heavy atom. The van der Waals surface area contributed by atoms with Gasteiger partial charge in [-0.15, -0.1) is 0 Å². The summed E-state index contributed by atoms with van der Waals surface area (Å²) in [6.45, 7) is 1.12. The summed E-state index contributed by atoms with van der Waals surface area (Å²) in [6, 6.07) is 6.82. The largest absolute Gasteiger partial charge is 0.497 e. The fourth-order valence-corrected chi connectivity index (χ4v) is 1.01. The van der Waals surface area contributed by atoms with E-state index >= 15 is 0 Å². The lowest BCUT2D eigenvalue weighted by Crippen LogP contribution is -2.42. The monoisotopic (exact) mass is 238 g/mol. The quantitative estimate of drug-likeness (QED) is 0.737. The van der Waals surface area contributed by atoms with Gasteiger partial charge in [0.15, 0.2) is 6.61 Å². The van der Waals surface area contributed by atoms with Crippen molar-refractivity contribution in [2.24, 2.45) is 0 Å². The van der Waals surface area contributed by atoms with Crippen molar-refractivity contribution in [2.45, 2.75) is 6.92 Å². The van der Waals surface area contributed by atoms with E-state index in [1.807, 2.05) is 0 Å². The number of carbonyl (C=O) groups excluding carboxylic acids is 2. The molecular weight excluding hydrogens is 224 g/mol. The number of methoxy groups -OCH3 is 1. The highest BCUT2D eigenvalue weighted by Gasteiger charge is 2.02. The summed E-state index contributed by atoms with van der Waals surface area (Å²) in [5, 5.41) is 0. The van der Waals surface area contributed by atoms with Crippen LogP contribution in [-0.4, -0.2) is 25.5 Å². The third-order valence-electron chi connectivity index (χ3n) is 1.81. The van der Waals surface area contributed by atoms with Crippen molar-refractivity contribution in [3.8, 4) is 11.5 Å². The Hall–Kier alpha value is -2.24. The van der Waals surface area contributed by atoms with Gasteiger partial charge in [0.25, 0.3) is 5.91 Å². The van der Waals surface area contributed by atoms with Crippen LogP contribution in [0.15, 0.2) is 24.3 Å². The van der Waals surface area contributed by atoms with E-state index < -0.39 is 5.91 Å². The summed E-state index contributed by atoms with van der Waals surface area (Å²) in [5.74, 6) is 0.475. The number of ether oxygens (including phenoxy) is 2. The molecule has 2 N–H and O–H groups in total. The van der Waals surface area contributed by atoms with E-state index in [9.17, 15) is 9.59 Å². The van der Waals surface area contributed by atoms with Crippen LogP contribution in [0.3, 0.4) is 0 Å². The van der Waals surface area contributed by atoms with Crippen molar-refractivity contribution < 1.29 is 19.1 Å². The van der Waals surface area contributed by atoms with Crippen LogP contribution in [0, 0.1) is 0 Å². The second-order valence-electron chi connectivity index (χ2n) is 3.19. The predicted molar refractivity (Wildman–Crippen MR) is 60.4 cm³/mol. The summed E-state index contributed by atoms with van der Waals surface area (Å²) in [6.07, 6.45) is 0. The van der Waals surface area contributed by atoms with Gasteiger partial charge >= 0.3 is 0 Å². The zero-order valence-electron chi connectivity index (χ0n) is 9.65.